The lowest BCUT2D eigenvalue weighted by atomic mass is 9.91. The number of carbonyl (C=O) groups is 2. The smallest absolute Gasteiger partial charge is 0.260 e. The van der Waals surface area contributed by atoms with Crippen LogP contribution in [0.25, 0.3) is 0 Å². The monoisotopic (exact) mass is 278 g/mol. The third-order valence-corrected chi connectivity index (χ3v) is 4.07. The summed E-state index contributed by atoms with van der Waals surface area (Å²) in [5, 5.41) is 12.5. The minimum Gasteiger partial charge on any atom is -0.507 e. The van der Waals surface area contributed by atoms with E-state index in [1.807, 2.05) is 0 Å². The minimum absolute atomic E-state index is 0.0507. The molecule has 2 fully saturated rings. The number of halogens is 1. The maximum absolute atomic E-state index is 13.8. The first kappa shape index (κ1) is 12.9. The van der Waals surface area contributed by atoms with E-state index in [-0.39, 0.29) is 29.2 Å². The van der Waals surface area contributed by atoms with Gasteiger partial charge in [-0.05, 0) is 25.0 Å². The topological polar surface area (TPSA) is 69.6 Å². The zero-order valence-electron chi connectivity index (χ0n) is 10.8. The van der Waals surface area contributed by atoms with Crippen LogP contribution in [0.15, 0.2) is 18.2 Å². The number of hydrogen-bond donors (Lipinski definition) is 2. The number of likely N-dealkylation sites (tertiary alicyclic amines) is 1. The molecule has 0 spiro atoms. The molecule has 1 aromatic carbocycles. The summed E-state index contributed by atoms with van der Waals surface area (Å²) < 4.78 is 13.8. The van der Waals surface area contributed by atoms with E-state index >= 15 is 0 Å². The summed E-state index contributed by atoms with van der Waals surface area (Å²) in [7, 11) is 0. The summed E-state index contributed by atoms with van der Waals surface area (Å²) in [5.41, 5.74) is -0.313. The standard InChI is InChI=1S/C14H15FN2O3/c15-9-4-1-5-11(18)12(9)14(20)17-6-2-3-8-10(17)7-16-13(8)19/h1,4-5,8,10,18H,2-3,6-7H2,(H,16,19). The Morgan fingerprint density at radius 2 is 2.25 bits per heavy atom. The number of fused-ring (bicyclic) bond motifs is 1. The number of phenols is 1. The summed E-state index contributed by atoms with van der Waals surface area (Å²) in [6, 6.07) is 3.53. The zero-order chi connectivity index (χ0) is 14.3. The molecule has 1 aromatic rings. The molecule has 2 atom stereocenters. The Kier molecular flexibility index (Phi) is 3.08. The van der Waals surface area contributed by atoms with Crippen LogP contribution in [0.4, 0.5) is 4.39 Å². The van der Waals surface area contributed by atoms with Crippen molar-refractivity contribution in [1.82, 2.24) is 10.2 Å². The van der Waals surface area contributed by atoms with E-state index in [1.165, 1.54) is 17.0 Å². The molecule has 0 aliphatic carbocycles. The quantitative estimate of drug-likeness (QED) is 0.801. The van der Waals surface area contributed by atoms with Gasteiger partial charge in [0.25, 0.3) is 5.91 Å². The molecule has 6 heteroatoms. The first-order valence-electron chi connectivity index (χ1n) is 6.65. The fourth-order valence-electron chi connectivity index (χ4n) is 3.07. The van der Waals surface area contributed by atoms with Crippen molar-refractivity contribution in [2.24, 2.45) is 5.92 Å². The first-order chi connectivity index (χ1) is 9.59. The van der Waals surface area contributed by atoms with Crippen LogP contribution in [0.2, 0.25) is 0 Å². The molecule has 2 amide bonds. The van der Waals surface area contributed by atoms with Crippen LogP contribution in [0.1, 0.15) is 23.2 Å². The molecule has 2 aliphatic rings. The fourth-order valence-corrected chi connectivity index (χ4v) is 3.07. The van der Waals surface area contributed by atoms with Gasteiger partial charge < -0.3 is 15.3 Å². The van der Waals surface area contributed by atoms with E-state index in [0.29, 0.717) is 19.5 Å². The number of phenolic OH excluding ortho intramolecular Hbond substituents is 1. The molecule has 0 radical (unpaired) electrons. The Labute approximate surface area is 115 Å². The Balaban J connectivity index is 1.92. The van der Waals surface area contributed by atoms with Crippen molar-refractivity contribution in [2.75, 3.05) is 13.1 Å². The molecule has 5 nitrogen and oxygen atoms in total. The number of benzene rings is 1. The van der Waals surface area contributed by atoms with Gasteiger partial charge in [-0.3, -0.25) is 9.59 Å². The molecule has 20 heavy (non-hydrogen) atoms. The number of amides is 2. The largest absolute Gasteiger partial charge is 0.507 e. The Bertz CT molecular complexity index is 555. The van der Waals surface area contributed by atoms with Gasteiger partial charge in [0, 0.05) is 13.1 Å². The van der Waals surface area contributed by atoms with E-state index in [2.05, 4.69) is 5.32 Å². The molecular formula is C14H15FN2O3. The predicted molar refractivity (Wildman–Crippen MR) is 68.6 cm³/mol. The number of nitrogens with one attached hydrogen (secondary N) is 1. The van der Waals surface area contributed by atoms with Crippen molar-refractivity contribution in [2.45, 2.75) is 18.9 Å². The number of aromatic hydroxyl groups is 1. The molecule has 2 aliphatic heterocycles. The van der Waals surface area contributed by atoms with Gasteiger partial charge in [0.2, 0.25) is 5.91 Å². The maximum atomic E-state index is 13.8. The summed E-state index contributed by atoms with van der Waals surface area (Å²) in [4.78, 5) is 25.7. The van der Waals surface area contributed by atoms with Gasteiger partial charge >= 0.3 is 0 Å². The summed E-state index contributed by atoms with van der Waals surface area (Å²) >= 11 is 0. The fraction of sp³-hybridized carbons (Fsp3) is 0.429. The van der Waals surface area contributed by atoms with Crippen LogP contribution in [0, 0.1) is 11.7 Å². The second-order valence-corrected chi connectivity index (χ2v) is 5.19. The number of nitrogens with zero attached hydrogens (tertiary/aromatic N) is 1. The van der Waals surface area contributed by atoms with Gasteiger partial charge in [-0.25, -0.2) is 4.39 Å². The van der Waals surface area contributed by atoms with Gasteiger partial charge in [0.05, 0.1) is 12.0 Å². The highest BCUT2D eigenvalue weighted by molar-refractivity contribution is 5.98. The van der Waals surface area contributed by atoms with Crippen LogP contribution >= 0.6 is 0 Å². The highest BCUT2D eigenvalue weighted by Crippen LogP contribution is 2.30. The van der Waals surface area contributed by atoms with E-state index in [9.17, 15) is 19.1 Å². The van der Waals surface area contributed by atoms with Crippen LogP contribution in [-0.4, -0.2) is 41.0 Å². The van der Waals surface area contributed by atoms with Gasteiger partial charge in [0.15, 0.2) is 0 Å². The van der Waals surface area contributed by atoms with Gasteiger partial charge in [-0.2, -0.15) is 0 Å². The highest BCUT2D eigenvalue weighted by atomic mass is 19.1. The summed E-state index contributed by atoms with van der Waals surface area (Å²) in [6.07, 6.45) is 1.44. The highest BCUT2D eigenvalue weighted by Gasteiger charge is 2.43. The van der Waals surface area contributed by atoms with Crippen LogP contribution in [-0.2, 0) is 4.79 Å². The molecule has 2 heterocycles. The third-order valence-electron chi connectivity index (χ3n) is 4.07. The molecule has 2 saturated heterocycles. The van der Waals surface area contributed by atoms with Crippen molar-refractivity contribution in [1.29, 1.82) is 0 Å². The number of piperidine rings is 1. The molecule has 2 unspecified atom stereocenters. The van der Waals surface area contributed by atoms with Crippen molar-refractivity contribution in [3.63, 3.8) is 0 Å². The first-order valence-corrected chi connectivity index (χ1v) is 6.65. The summed E-state index contributed by atoms with van der Waals surface area (Å²) in [5.74, 6) is -1.93. The Hall–Kier alpha value is -2.11. The SMILES string of the molecule is O=C1NCC2C1CCCN2C(=O)c1c(O)cccc1F. The average Bonchev–Trinajstić information content (AvgIpc) is 2.80. The third kappa shape index (κ3) is 1.92. The van der Waals surface area contributed by atoms with E-state index < -0.39 is 11.7 Å². The molecule has 3 rings (SSSR count). The van der Waals surface area contributed by atoms with Crippen molar-refractivity contribution in [3.05, 3.63) is 29.6 Å². The Morgan fingerprint density at radius 3 is 3.00 bits per heavy atom. The van der Waals surface area contributed by atoms with Gasteiger partial charge in [-0.1, -0.05) is 6.07 Å². The molecule has 2 N–H and O–H groups in total. The van der Waals surface area contributed by atoms with E-state index in [0.717, 1.165) is 12.5 Å². The molecule has 0 saturated carbocycles. The Morgan fingerprint density at radius 1 is 1.45 bits per heavy atom. The second kappa shape index (κ2) is 4.77. The molecule has 106 valence electrons. The van der Waals surface area contributed by atoms with E-state index in [1.54, 1.807) is 0 Å². The summed E-state index contributed by atoms with van der Waals surface area (Å²) in [6.45, 7) is 0.868. The lowest BCUT2D eigenvalue weighted by Crippen LogP contribution is -2.48. The number of rotatable bonds is 1. The van der Waals surface area contributed by atoms with Gasteiger partial charge in [-0.15, -0.1) is 0 Å². The number of hydrogen-bond acceptors (Lipinski definition) is 3. The van der Waals surface area contributed by atoms with Crippen LogP contribution < -0.4 is 5.32 Å². The lowest BCUT2D eigenvalue weighted by Gasteiger charge is -2.36. The number of carbonyl (C=O) groups excluding carboxylic acids is 2. The second-order valence-electron chi connectivity index (χ2n) is 5.19. The van der Waals surface area contributed by atoms with Crippen molar-refractivity contribution < 1.29 is 19.1 Å². The predicted octanol–water partition coefficient (Wildman–Crippen LogP) is 0.882. The maximum Gasteiger partial charge on any atom is 0.260 e. The zero-order valence-corrected chi connectivity index (χ0v) is 10.8. The molecule has 0 bridgehead atoms. The molecule has 0 aromatic heterocycles. The van der Waals surface area contributed by atoms with Crippen LogP contribution in [0.3, 0.4) is 0 Å². The lowest BCUT2D eigenvalue weighted by molar-refractivity contribution is -0.123. The van der Waals surface area contributed by atoms with Crippen molar-refractivity contribution in [3.8, 4) is 5.75 Å². The van der Waals surface area contributed by atoms with E-state index in [4.69, 9.17) is 0 Å². The molecular weight excluding hydrogens is 263 g/mol. The van der Waals surface area contributed by atoms with Crippen molar-refractivity contribution >= 4 is 11.8 Å². The average molecular weight is 278 g/mol. The van der Waals surface area contributed by atoms with Gasteiger partial charge in [0.1, 0.15) is 17.1 Å². The van der Waals surface area contributed by atoms with Crippen LogP contribution in [0.5, 0.6) is 5.75 Å². The normalized spacial score (nSPS) is 25.2. The minimum atomic E-state index is -0.741.